The van der Waals surface area contributed by atoms with Gasteiger partial charge >= 0.3 is 12.4 Å². The normalized spacial score (nSPS) is 14.5. The number of hydrogen-bond donors (Lipinski definition) is 2. The lowest BCUT2D eigenvalue weighted by molar-refractivity contribution is -0.138. The van der Waals surface area contributed by atoms with E-state index in [1.54, 1.807) is 0 Å². The maximum atomic E-state index is 13.6. The number of carbonyl (C=O) groups excluding carboxylic acids is 3. The fraction of sp³-hybridized carbons (Fsp3) is 0.250. The highest BCUT2D eigenvalue weighted by molar-refractivity contribution is 7.18. The molecule has 1 aliphatic carbocycles. The summed E-state index contributed by atoms with van der Waals surface area (Å²) >= 11 is 12.7. The van der Waals surface area contributed by atoms with Crippen molar-refractivity contribution in [2.24, 2.45) is 11.1 Å². The third-order valence-electron chi connectivity index (χ3n) is 6.07. The molecular formula is C24H16Cl2F6N4O3S. The first kappa shape index (κ1) is 29.6. The second kappa shape index (κ2) is 10.2. The summed E-state index contributed by atoms with van der Waals surface area (Å²) in [5.41, 5.74) is 0.619. The Morgan fingerprint density at radius 1 is 0.975 bits per heavy atom. The molecule has 40 heavy (non-hydrogen) atoms. The summed E-state index contributed by atoms with van der Waals surface area (Å²) in [6.07, 6.45) is -9.48. The zero-order chi connectivity index (χ0) is 29.8. The largest absolute Gasteiger partial charge is 0.416 e. The van der Waals surface area contributed by atoms with Gasteiger partial charge in [-0.3, -0.25) is 19.3 Å². The van der Waals surface area contributed by atoms with Gasteiger partial charge in [0.1, 0.15) is 10.3 Å². The Labute approximate surface area is 235 Å². The molecule has 1 aliphatic rings. The van der Waals surface area contributed by atoms with Crippen molar-refractivity contribution in [2.45, 2.75) is 32.1 Å². The van der Waals surface area contributed by atoms with Crippen LogP contribution in [0.2, 0.25) is 10.0 Å². The topological polar surface area (TPSA) is 105 Å². The lowest BCUT2D eigenvalue weighted by Crippen LogP contribution is -2.41. The molecular weight excluding hydrogens is 609 g/mol. The van der Waals surface area contributed by atoms with Crippen LogP contribution in [-0.4, -0.2) is 22.7 Å². The predicted octanol–water partition coefficient (Wildman–Crippen LogP) is 6.98. The number of amides is 3. The van der Waals surface area contributed by atoms with Crippen LogP contribution in [0.15, 0.2) is 36.4 Å². The summed E-state index contributed by atoms with van der Waals surface area (Å²) in [7, 11) is 0. The number of nitrogens with zero attached hydrogens (tertiary/aromatic N) is 2. The highest BCUT2D eigenvalue weighted by atomic mass is 35.5. The van der Waals surface area contributed by atoms with Crippen LogP contribution in [0.3, 0.4) is 0 Å². The minimum Gasteiger partial charge on any atom is -0.369 e. The number of carbonyl (C=O) groups is 3. The summed E-state index contributed by atoms with van der Waals surface area (Å²) in [5, 5.41) is 1.43. The monoisotopic (exact) mass is 624 g/mol. The molecule has 2 aromatic carbocycles. The van der Waals surface area contributed by atoms with Gasteiger partial charge in [0.15, 0.2) is 5.13 Å². The third kappa shape index (κ3) is 5.60. The van der Waals surface area contributed by atoms with Crippen LogP contribution in [0.25, 0.3) is 0 Å². The molecule has 3 N–H and O–H groups in total. The molecule has 7 nitrogen and oxygen atoms in total. The van der Waals surface area contributed by atoms with E-state index < -0.39 is 52.3 Å². The van der Waals surface area contributed by atoms with Gasteiger partial charge in [0.25, 0.3) is 5.91 Å². The number of hydrogen-bond acceptors (Lipinski definition) is 5. The van der Waals surface area contributed by atoms with Crippen molar-refractivity contribution in [2.75, 3.05) is 10.2 Å². The van der Waals surface area contributed by atoms with Crippen molar-refractivity contribution in [1.82, 2.24) is 4.98 Å². The number of nitrogens with one attached hydrogen (secondary N) is 1. The number of anilines is 3. The zero-order valence-corrected chi connectivity index (χ0v) is 22.3. The molecule has 3 amide bonds. The van der Waals surface area contributed by atoms with E-state index in [0.29, 0.717) is 34.4 Å². The summed E-state index contributed by atoms with van der Waals surface area (Å²) in [6, 6.07) is 4.49. The van der Waals surface area contributed by atoms with E-state index in [0.717, 1.165) is 18.2 Å². The van der Waals surface area contributed by atoms with Crippen molar-refractivity contribution >= 4 is 68.8 Å². The van der Waals surface area contributed by atoms with Gasteiger partial charge in [0.05, 0.1) is 38.2 Å². The number of benzene rings is 2. The smallest absolute Gasteiger partial charge is 0.369 e. The quantitative estimate of drug-likeness (QED) is 0.228. The second-order valence-corrected chi connectivity index (χ2v) is 10.6. The van der Waals surface area contributed by atoms with Gasteiger partial charge < -0.3 is 11.1 Å². The van der Waals surface area contributed by atoms with E-state index in [9.17, 15) is 40.7 Å². The van der Waals surface area contributed by atoms with Gasteiger partial charge in [0.2, 0.25) is 11.8 Å². The molecule has 0 aliphatic heterocycles. The highest BCUT2D eigenvalue weighted by Crippen LogP contribution is 2.51. The lowest BCUT2D eigenvalue weighted by Gasteiger charge is -2.25. The lowest BCUT2D eigenvalue weighted by atomic mass is 10.0. The Morgan fingerprint density at radius 3 is 2.05 bits per heavy atom. The molecule has 0 spiro atoms. The molecule has 1 saturated carbocycles. The van der Waals surface area contributed by atoms with Crippen molar-refractivity contribution in [3.05, 3.63) is 68.1 Å². The number of primary amides is 1. The van der Waals surface area contributed by atoms with E-state index in [2.05, 4.69) is 10.3 Å². The molecule has 212 valence electrons. The van der Waals surface area contributed by atoms with E-state index >= 15 is 0 Å². The maximum Gasteiger partial charge on any atom is 0.416 e. The summed E-state index contributed by atoms with van der Waals surface area (Å²) in [4.78, 5) is 43.3. The van der Waals surface area contributed by atoms with E-state index in [4.69, 9.17) is 28.9 Å². The number of halogens is 8. The molecule has 1 aromatic heterocycles. The van der Waals surface area contributed by atoms with Gasteiger partial charge in [-0.05, 0) is 56.2 Å². The fourth-order valence-electron chi connectivity index (χ4n) is 3.73. The van der Waals surface area contributed by atoms with Gasteiger partial charge in [0, 0.05) is 0 Å². The highest BCUT2D eigenvalue weighted by Gasteiger charge is 2.58. The van der Waals surface area contributed by atoms with E-state index in [1.807, 2.05) is 0 Å². The Bertz CT molecular complexity index is 1540. The fourth-order valence-corrected chi connectivity index (χ4v) is 5.07. The van der Waals surface area contributed by atoms with E-state index in [1.165, 1.54) is 6.92 Å². The molecule has 3 aromatic rings. The van der Waals surface area contributed by atoms with Crippen LogP contribution in [0.5, 0.6) is 0 Å². The second-order valence-electron chi connectivity index (χ2n) is 8.81. The van der Waals surface area contributed by atoms with Gasteiger partial charge in [-0.15, -0.1) is 0 Å². The summed E-state index contributed by atoms with van der Waals surface area (Å²) in [6.45, 7) is 1.33. The minimum atomic E-state index is -4.82. The standard InChI is InChI=1S/C24H16Cl2F6N4O3S/c1-10-17(18(37)35-15-8-11(23(27,28)29)2-4-13(15)25)40-21(34-10)36(20(39)22(6-7-22)19(33)38)16-9-12(24(30,31)32)3-5-14(16)26/h2-5,8-9H,6-7H2,1H3,(H2,33,38)(H,35,37). The molecule has 0 radical (unpaired) electrons. The SMILES string of the molecule is Cc1nc(N(C(=O)C2(C(N)=O)CC2)c2cc(C(F)(F)F)ccc2Cl)sc1C(=O)Nc1cc(C(F)(F)F)ccc1Cl. The number of aryl methyl sites for hydroxylation is 1. The summed E-state index contributed by atoms with van der Waals surface area (Å²) < 4.78 is 79.9. The number of rotatable bonds is 6. The van der Waals surface area contributed by atoms with Gasteiger partial charge in [-0.2, -0.15) is 26.3 Å². The first-order valence-electron chi connectivity index (χ1n) is 11.1. The molecule has 0 atom stereocenters. The Morgan fingerprint density at radius 2 is 1.52 bits per heavy atom. The minimum absolute atomic E-state index is 0.0228. The molecule has 16 heteroatoms. The van der Waals surface area contributed by atoms with Gasteiger partial charge in [-0.25, -0.2) is 4.98 Å². The Kier molecular flexibility index (Phi) is 7.58. The maximum absolute atomic E-state index is 13.6. The molecule has 0 bridgehead atoms. The third-order valence-corrected chi connectivity index (χ3v) is 7.86. The van der Waals surface area contributed by atoms with Crippen LogP contribution in [0.4, 0.5) is 42.8 Å². The number of thiazole rings is 1. The van der Waals surface area contributed by atoms with Crippen LogP contribution in [-0.2, 0) is 21.9 Å². The first-order valence-corrected chi connectivity index (χ1v) is 12.7. The molecule has 1 heterocycles. The number of alkyl halides is 6. The van der Waals surface area contributed by atoms with Crippen LogP contribution in [0.1, 0.15) is 39.3 Å². The number of nitrogens with two attached hydrogens (primary N) is 1. The van der Waals surface area contributed by atoms with Crippen molar-refractivity contribution in [3.8, 4) is 0 Å². The Balaban J connectivity index is 1.78. The molecule has 4 rings (SSSR count). The molecule has 0 saturated heterocycles. The average Bonchev–Trinajstić information content (AvgIpc) is 3.57. The van der Waals surface area contributed by atoms with Crippen LogP contribution in [0, 0.1) is 12.3 Å². The molecule has 0 unspecified atom stereocenters. The Hall–Kier alpha value is -3.36. The summed E-state index contributed by atoms with van der Waals surface area (Å²) in [5.74, 6) is -2.96. The van der Waals surface area contributed by atoms with Gasteiger partial charge in [-0.1, -0.05) is 34.5 Å². The predicted molar refractivity (Wildman–Crippen MR) is 136 cm³/mol. The average molecular weight is 625 g/mol. The van der Waals surface area contributed by atoms with Crippen LogP contribution >= 0.6 is 34.5 Å². The number of aromatic nitrogens is 1. The van der Waals surface area contributed by atoms with Crippen molar-refractivity contribution in [1.29, 1.82) is 0 Å². The van der Waals surface area contributed by atoms with Crippen LogP contribution < -0.4 is 16.0 Å². The molecule has 1 fully saturated rings. The first-order chi connectivity index (χ1) is 18.5. The van der Waals surface area contributed by atoms with Crippen molar-refractivity contribution < 1.29 is 40.7 Å². The zero-order valence-electron chi connectivity index (χ0n) is 20.0. The van der Waals surface area contributed by atoms with Crippen molar-refractivity contribution in [3.63, 3.8) is 0 Å². The van der Waals surface area contributed by atoms with E-state index in [-0.39, 0.29) is 44.3 Å².